The van der Waals surface area contributed by atoms with Crippen LogP contribution in [0.15, 0.2) is 128 Å². The largest absolute Gasteiger partial charge is 0.459 e. The van der Waals surface area contributed by atoms with Crippen molar-refractivity contribution in [3.05, 3.63) is 150 Å². The van der Waals surface area contributed by atoms with E-state index in [1.165, 1.54) is 11.1 Å². The molecule has 1 aliphatic heterocycles. The molecule has 51 heavy (non-hydrogen) atoms. The van der Waals surface area contributed by atoms with Crippen LogP contribution < -0.4 is 14.5 Å². The van der Waals surface area contributed by atoms with Crippen molar-refractivity contribution in [2.75, 3.05) is 16.5 Å². The van der Waals surface area contributed by atoms with Crippen LogP contribution >= 0.6 is 0 Å². The van der Waals surface area contributed by atoms with Gasteiger partial charge in [-0.05, 0) is 88.7 Å². The van der Waals surface area contributed by atoms with Gasteiger partial charge in [-0.15, -0.1) is 0 Å². The van der Waals surface area contributed by atoms with Gasteiger partial charge in [0.15, 0.2) is 5.69 Å². The number of hydrogen-bond acceptors (Lipinski definition) is 4. The number of aromatic nitrogens is 2. The van der Waals surface area contributed by atoms with Gasteiger partial charge in [-0.1, -0.05) is 84.0 Å². The van der Waals surface area contributed by atoms with Crippen molar-refractivity contribution in [2.45, 2.75) is 52.4 Å². The number of benzene rings is 5. The van der Waals surface area contributed by atoms with E-state index in [1.54, 1.807) is 0 Å². The van der Waals surface area contributed by atoms with Gasteiger partial charge in [0.05, 0.1) is 29.0 Å². The first kappa shape index (κ1) is 32.2. The Morgan fingerprint density at radius 2 is 1.29 bits per heavy atom. The van der Waals surface area contributed by atoms with Crippen LogP contribution in [0.1, 0.15) is 52.7 Å². The van der Waals surface area contributed by atoms with E-state index < -0.39 is 0 Å². The maximum Gasteiger partial charge on any atom is 0.192 e. The number of nitrogens with zero attached hydrogens (tertiary/aromatic N) is 5. The molecule has 0 amide bonds. The molecule has 0 radical (unpaired) electrons. The van der Waals surface area contributed by atoms with Gasteiger partial charge in [0.25, 0.3) is 0 Å². The third kappa shape index (κ3) is 5.85. The van der Waals surface area contributed by atoms with Gasteiger partial charge in [-0.2, -0.15) is 0 Å². The summed E-state index contributed by atoms with van der Waals surface area (Å²) in [5.41, 5.74) is 9.40. The molecule has 5 aromatic carbocycles. The molecule has 0 bridgehead atoms. The van der Waals surface area contributed by atoms with Crippen LogP contribution in [0.2, 0.25) is 0 Å². The highest BCUT2D eigenvalue weighted by atomic mass is 16.5. The highest BCUT2D eigenvalue weighted by molar-refractivity contribution is 6.09. The maximum atomic E-state index is 7.97. The van der Waals surface area contributed by atoms with E-state index in [1.807, 2.05) is 30.5 Å². The predicted octanol–water partition coefficient (Wildman–Crippen LogP) is 12.4. The fraction of sp³-hybridized carbons (Fsp3) is 0.200. The molecule has 7 aromatic rings. The van der Waals surface area contributed by atoms with Crippen molar-refractivity contribution >= 4 is 50.2 Å². The molecule has 2 aromatic heterocycles. The standard InChI is InChI=1S/C45H41N5O/c1-44(2,3)30-13-12-14-33(23-30)48-29-49(41-18-11-10-17-40(41)48)34-25-32(46-7)26-36(27-34)51-35-19-20-38-37-15-8-9-16-39(37)50(42(38)28-35)43-24-31(21-22-47-43)45(4,5)6/h8-28H,29H2,1-6H3. The van der Waals surface area contributed by atoms with E-state index in [0.717, 1.165) is 50.4 Å². The van der Waals surface area contributed by atoms with E-state index >= 15 is 0 Å². The normalized spacial score (nSPS) is 13.1. The summed E-state index contributed by atoms with van der Waals surface area (Å²) in [5, 5.41) is 2.28. The average Bonchev–Trinajstić information content (AvgIpc) is 3.67. The van der Waals surface area contributed by atoms with Crippen LogP contribution in [0.3, 0.4) is 0 Å². The molecule has 0 N–H and O–H groups in total. The molecule has 8 rings (SSSR count). The second-order valence-corrected chi connectivity index (χ2v) is 15.4. The van der Waals surface area contributed by atoms with Crippen molar-refractivity contribution in [3.63, 3.8) is 0 Å². The third-order valence-corrected chi connectivity index (χ3v) is 9.81. The lowest BCUT2D eigenvalue weighted by atomic mass is 9.87. The minimum Gasteiger partial charge on any atom is -0.459 e. The Bertz CT molecular complexity index is 2490. The molecular weight excluding hydrogens is 627 g/mol. The molecule has 0 fully saturated rings. The van der Waals surface area contributed by atoms with Crippen LogP contribution in [0, 0.1) is 6.57 Å². The summed E-state index contributed by atoms with van der Waals surface area (Å²) in [7, 11) is 0. The van der Waals surface area contributed by atoms with Crippen molar-refractivity contribution in [1.29, 1.82) is 0 Å². The van der Waals surface area contributed by atoms with E-state index in [4.69, 9.17) is 16.3 Å². The Morgan fingerprint density at radius 1 is 0.608 bits per heavy atom. The highest BCUT2D eigenvalue weighted by Crippen LogP contribution is 2.46. The molecule has 252 valence electrons. The molecule has 6 heteroatoms. The van der Waals surface area contributed by atoms with Gasteiger partial charge in [0.2, 0.25) is 0 Å². The average molecular weight is 668 g/mol. The Labute approximate surface area is 300 Å². The van der Waals surface area contributed by atoms with Gasteiger partial charge in [0, 0.05) is 40.5 Å². The van der Waals surface area contributed by atoms with Gasteiger partial charge in [-0.3, -0.25) is 4.57 Å². The number of anilines is 4. The first-order chi connectivity index (χ1) is 24.5. The fourth-order valence-corrected chi connectivity index (χ4v) is 7.05. The van der Waals surface area contributed by atoms with Crippen molar-refractivity contribution in [3.8, 4) is 17.3 Å². The van der Waals surface area contributed by atoms with E-state index in [2.05, 4.69) is 158 Å². The zero-order valence-electron chi connectivity index (χ0n) is 30.0. The van der Waals surface area contributed by atoms with E-state index in [-0.39, 0.29) is 10.8 Å². The van der Waals surface area contributed by atoms with Crippen molar-refractivity contribution in [2.24, 2.45) is 0 Å². The fourth-order valence-electron chi connectivity index (χ4n) is 7.05. The molecule has 0 aliphatic carbocycles. The Morgan fingerprint density at radius 3 is 2.04 bits per heavy atom. The molecule has 6 nitrogen and oxygen atoms in total. The SMILES string of the molecule is [C-]#[N+]c1cc(Oc2ccc3c4ccccc4n(-c4cc(C(C)(C)C)ccn4)c3c2)cc(N2CN(c3cccc(C(C)(C)C)c3)c3ccccc32)c1. The Kier molecular flexibility index (Phi) is 7.61. The number of ether oxygens (including phenoxy) is 1. The van der Waals surface area contributed by atoms with Crippen LogP contribution in [0.4, 0.5) is 28.4 Å². The summed E-state index contributed by atoms with van der Waals surface area (Å²) >= 11 is 0. The summed E-state index contributed by atoms with van der Waals surface area (Å²) in [6, 6.07) is 42.0. The second-order valence-electron chi connectivity index (χ2n) is 15.4. The monoisotopic (exact) mass is 667 g/mol. The van der Waals surface area contributed by atoms with Gasteiger partial charge in [-0.25, -0.2) is 9.83 Å². The third-order valence-electron chi connectivity index (χ3n) is 9.81. The number of fused-ring (bicyclic) bond motifs is 4. The van der Waals surface area contributed by atoms with Crippen LogP contribution in [-0.2, 0) is 10.8 Å². The van der Waals surface area contributed by atoms with Gasteiger partial charge in [0.1, 0.15) is 24.0 Å². The number of pyridine rings is 1. The minimum atomic E-state index is -0.0142. The molecular formula is C45H41N5O. The first-order valence-electron chi connectivity index (χ1n) is 17.4. The zero-order valence-corrected chi connectivity index (χ0v) is 30.0. The Balaban J connectivity index is 1.18. The number of para-hydroxylation sites is 3. The second kappa shape index (κ2) is 12.1. The predicted molar refractivity (Wildman–Crippen MR) is 211 cm³/mol. The summed E-state index contributed by atoms with van der Waals surface area (Å²) in [6.45, 7) is 22.0. The topological polar surface area (TPSA) is 37.9 Å². The number of rotatable bonds is 5. The molecule has 0 atom stereocenters. The summed E-state index contributed by atoms with van der Waals surface area (Å²) in [4.78, 5) is 13.3. The molecule has 3 heterocycles. The highest BCUT2D eigenvalue weighted by Gasteiger charge is 2.29. The lowest BCUT2D eigenvalue weighted by molar-refractivity contribution is 0.483. The quantitative estimate of drug-likeness (QED) is 0.171. The molecule has 0 unspecified atom stereocenters. The molecule has 0 saturated carbocycles. The van der Waals surface area contributed by atoms with E-state index in [9.17, 15) is 0 Å². The molecule has 1 aliphatic rings. The van der Waals surface area contributed by atoms with Gasteiger partial charge >= 0.3 is 0 Å². The first-order valence-corrected chi connectivity index (χ1v) is 17.4. The van der Waals surface area contributed by atoms with Crippen LogP contribution in [0.5, 0.6) is 11.5 Å². The maximum absolute atomic E-state index is 7.97. The lowest BCUT2D eigenvalue weighted by Gasteiger charge is -2.25. The van der Waals surface area contributed by atoms with Crippen LogP contribution in [-0.4, -0.2) is 16.2 Å². The lowest BCUT2D eigenvalue weighted by Crippen LogP contribution is -2.24. The smallest absolute Gasteiger partial charge is 0.192 e. The minimum absolute atomic E-state index is 0.0142. The molecule has 0 saturated heterocycles. The van der Waals surface area contributed by atoms with Crippen molar-refractivity contribution in [1.82, 2.24) is 9.55 Å². The summed E-state index contributed by atoms with van der Waals surface area (Å²) in [5.74, 6) is 2.17. The number of hydrogen-bond donors (Lipinski definition) is 0. The van der Waals surface area contributed by atoms with Crippen LogP contribution in [0.25, 0.3) is 32.5 Å². The van der Waals surface area contributed by atoms with Crippen molar-refractivity contribution < 1.29 is 4.74 Å². The molecule has 0 spiro atoms. The van der Waals surface area contributed by atoms with E-state index in [0.29, 0.717) is 23.9 Å². The Hall–Kier alpha value is -6.06. The summed E-state index contributed by atoms with van der Waals surface area (Å²) < 4.78 is 8.85. The zero-order chi connectivity index (χ0) is 35.5. The summed E-state index contributed by atoms with van der Waals surface area (Å²) in [6.07, 6.45) is 1.90. The van der Waals surface area contributed by atoms with Gasteiger partial charge < -0.3 is 14.5 Å².